The van der Waals surface area contributed by atoms with Crippen LogP contribution in [0.5, 0.6) is 0 Å². The van der Waals surface area contributed by atoms with Crippen LogP contribution in [0.25, 0.3) is 0 Å². The molecular formula is C13H9F3OS. The number of rotatable bonds is 2. The van der Waals surface area contributed by atoms with E-state index in [0.29, 0.717) is 17.0 Å². The minimum absolute atomic E-state index is 0.315. The van der Waals surface area contributed by atoms with Crippen LogP contribution in [0.1, 0.15) is 25.7 Å². The predicted octanol–water partition coefficient (Wildman–Crippen LogP) is 4.01. The summed E-state index contributed by atoms with van der Waals surface area (Å²) in [5.41, 5.74) is 0.460. The van der Waals surface area contributed by atoms with Crippen molar-refractivity contribution in [2.75, 3.05) is 0 Å². The van der Waals surface area contributed by atoms with E-state index >= 15 is 0 Å². The average molecular weight is 270 g/mol. The summed E-state index contributed by atoms with van der Waals surface area (Å²) in [6.07, 6.45) is 0. The summed E-state index contributed by atoms with van der Waals surface area (Å²) < 4.78 is 39.3. The lowest BCUT2D eigenvalue weighted by Gasteiger charge is -2.01. The lowest BCUT2D eigenvalue weighted by Crippen LogP contribution is -2.04. The maximum Gasteiger partial charge on any atom is 0.206 e. The van der Waals surface area contributed by atoms with Gasteiger partial charge < -0.3 is 0 Å². The largest absolute Gasteiger partial charge is 0.288 e. The number of hydrogen-bond donors (Lipinski definition) is 0. The molecule has 94 valence electrons. The van der Waals surface area contributed by atoms with Gasteiger partial charge in [-0.3, -0.25) is 4.79 Å². The van der Waals surface area contributed by atoms with Crippen molar-refractivity contribution in [3.8, 4) is 0 Å². The predicted molar refractivity (Wildman–Crippen MR) is 63.5 cm³/mol. The Labute approximate surface area is 106 Å². The molecular weight excluding hydrogens is 261 g/mol. The van der Waals surface area contributed by atoms with Crippen molar-refractivity contribution in [2.45, 2.75) is 13.8 Å². The summed E-state index contributed by atoms with van der Waals surface area (Å²) >= 11 is 1.20. The molecule has 18 heavy (non-hydrogen) atoms. The van der Waals surface area contributed by atoms with Crippen molar-refractivity contribution in [2.24, 2.45) is 0 Å². The summed E-state index contributed by atoms with van der Waals surface area (Å²) in [6, 6.07) is 2.59. The summed E-state index contributed by atoms with van der Waals surface area (Å²) in [4.78, 5) is 13.2. The maximum absolute atomic E-state index is 13.5. The van der Waals surface area contributed by atoms with E-state index in [1.54, 1.807) is 6.07 Å². The van der Waals surface area contributed by atoms with Gasteiger partial charge in [0.05, 0.1) is 10.4 Å². The van der Waals surface area contributed by atoms with Crippen molar-refractivity contribution in [3.05, 3.63) is 56.5 Å². The van der Waals surface area contributed by atoms with Crippen LogP contribution < -0.4 is 0 Å². The van der Waals surface area contributed by atoms with Crippen LogP contribution in [0, 0.1) is 31.3 Å². The van der Waals surface area contributed by atoms with Gasteiger partial charge in [0.1, 0.15) is 5.82 Å². The molecule has 0 aliphatic carbocycles. The Balaban J connectivity index is 2.49. The average Bonchev–Trinajstić information content (AvgIpc) is 2.63. The number of halogens is 3. The minimum Gasteiger partial charge on any atom is -0.288 e. The number of thiophene rings is 1. The Bertz CT molecular complexity index is 612. The third kappa shape index (κ3) is 2.18. The summed E-state index contributed by atoms with van der Waals surface area (Å²) in [7, 11) is 0. The zero-order valence-electron chi connectivity index (χ0n) is 9.68. The van der Waals surface area contributed by atoms with Crippen LogP contribution in [0.2, 0.25) is 0 Å². The van der Waals surface area contributed by atoms with E-state index in [4.69, 9.17) is 0 Å². The van der Waals surface area contributed by atoms with E-state index in [1.165, 1.54) is 11.3 Å². The molecule has 0 radical (unpaired) electrons. The number of aryl methyl sites for hydroxylation is 2. The van der Waals surface area contributed by atoms with Crippen molar-refractivity contribution in [1.29, 1.82) is 0 Å². The first-order valence-electron chi connectivity index (χ1n) is 5.16. The molecule has 1 aromatic carbocycles. The second-order valence-corrected chi connectivity index (χ2v) is 5.18. The first-order valence-corrected chi connectivity index (χ1v) is 5.98. The molecule has 0 saturated carbocycles. The van der Waals surface area contributed by atoms with E-state index in [0.717, 1.165) is 10.4 Å². The smallest absolute Gasteiger partial charge is 0.206 e. The molecule has 5 heteroatoms. The number of benzene rings is 1. The molecule has 0 spiro atoms. The number of ketones is 1. The summed E-state index contributed by atoms with van der Waals surface area (Å²) in [5, 5.41) is 0. The lowest BCUT2D eigenvalue weighted by molar-refractivity contribution is 0.103. The standard InChI is InChI=1S/C13H9F3OS/c1-6-3-12(18-7(6)2)13(17)8-4-10(15)11(16)5-9(8)14/h3-5H,1-2H3. The minimum atomic E-state index is -1.30. The molecule has 1 nitrogen and oxygen atoms in total. The highest BCUT2D eigenvalue weighted by atomic mass is 32.1. The molecule has 0 saturated heterocycles. The van der Waals surface area contributed by atoms with E-state index in [-0.39, 0.29) is 0 Å². The Morgan fingerprint density at radius 2 is 1.61 bits per heavy atom. The van der Waals surface area contributed by atoms with Gasteiger partial charge in [0, 0.05) is 10.9 Å². The third-order valence-corrected chi connectivity index (χ3v) is 3.80. The number of carbonyl (C=O) groups excluding carboxylic acids is 1. The van der Waals surface area contributed by atoms with Crippen molar-refractivity contribution in [1.82, 2.24) is 0 Å². The summed E-state index contributed by atoms with van der Waals surface area (Å²) in [5.74, 6) is -4.22. The van der Waals surface area contributed by atoms with Gasteiger partial charge in [0.2, 0.25) is 5.78 Å². The van der Waals surface area contributed by atoms with Gasteiger partial charge in [-0.25, -0.2) is 13.2 Å². The van der Waals surface area contributed by atoms with Gasteiger partial charge in [0.15, 0.2) is 11.6 Å². The van der Waals surface area contributed by atoms with Crippen LogP contribution in [0.4, 0.5) is 13.2 Å². The van der Waals surface area contributed by atoms with Crippen LogP contribution in [0.3, 0.4) is 0 Å². The zero-order valence-corrected chi connectivity index (χ0v) is 10.5. The lowest BCUT2D eigenvalue weighted by atomic mass is 10.1. The molecule has 0 aliphatic heterocycles. The second-order valence-electron chi connectivity index (χ2n) is 3.93. The first-order chi connectivity index (χ1) is 8.40. The highest BCUT2D eigenvalue weighted by Gasteiger charge is 2.19. The molecule has 0 N–H and O–H groups in total. The van der Waals surface area contributed by atoms with Crippen LogP contribution >= 0.6 is 11.3 Å². The Kier molecular flexibility index (Phi) is 3.26. The Hall–Kier alpha value is -1.62. The van der Waals surface area contributed by atoms with Gasteiger partial charge in [-0.05, 0) is 31.5 Å². The van der Waals surface area contributed by atoms with Gasteiger partial charge in [-0.1, -0.05) is 0 Å². The van der Waals surface area contributed by atoms with Crippen LogP contribution in [0.15, 0.2) is 18.2 Å². The molecule has 0 aliphatic rings. The maximum atomic E-state index is 13.5. The molecule has 0 unspecified atom stereocenters. The van der Waals surface area contributed by atoms with Gasteiger partial charge in [-0.15, -0.1) is 11.3 Å². The van der Waals surface area contributed by atoms with E-state index in [2.05, 4.69) is 0 Å². The first kappa shape index (κ1) is 12.8. The molecule has 0 atom stereocenters. The van der Waals surface area contributed by atoms with Crippen LogP contribution in [-0.4, -0.2) is 5.78 Å². The molecule has 0 amide bonds. The number of carbonyl (C=O) groups is 1. The Morgan fingerprint density at radius 1 is 1.00 bits per heavy atom. The van der Waals surface area contributed by atoms with Crippen molar-refractivity contribution in [3.63, 3.8) is 0 Å². The molecule has 0 fully saturated rings. The van der Waals surface area contributed by atoms with E-state index in [1.807, 2.05) is 13.8 Å². The fraction of sp³-hybridized carbons (Fsp3) is 0.154. The highest BCUT2D eigenvalue weighted by molar-refractivity contribution is 7.14. The third-order valence-electron chi connectivity index (χ3n) is 2.64. The SMILES string of the molecule is Cc1cc(C(=O)c2cc(F)c(F)cc2F)sc1C. The fourth-order valence-corrected chi connectivity index (χ4v) is 2.50. The van der Waals surface area contributed by atoms with Crippen LogP contribution in [-0.2, 0) is 0 Å². The molecule has 0 bridgehead atoms. The van der Waals surface area contributed by atoms with Gasteiger partial charge >= 0.3 is 0 Å². The number of hydrogen-bond acceptors (Lipinski definition) is 2. The highest BCUT2D eigenvalue weighted by Crippen LogP contribution is 2.25. The molecule has 2 rings (SSSR count). The summed E-state index contributed by atoms with van der Waals surface area (Å²) in [6.45, 7) is 3.66. The zero-order chi connectivity index (χ0) is 13.4. The van der Waals surface area contributed by atoms with Gasteiger partial charge in [0.25, 0.3) is 0 Å². The second kappa shape index (κ2) is 4.57. The normalized spacial score (nSPS) is 10.7. The Morgan fingerprint density at radius 3 is 2.17 bits per heavy atom. The quantitative estimate of drug-likeness (QED) is 0.595. The molecule has 1 heterocycles. The monoisotopic (exact) mass is 270 g/mol. The topological polar surface area (TPSA) is 17.1 Å². The van der Waals surface area contributed by atoms with Crippen molar-refractivity contribution < 1.29 is 18.0 Å². The van der Waals surface area contributed by atoms with E-state index in [9.17, 15) is 18.0 Å². The molecule has 2 aromatic rings. The molecule has 1 aromatic heterocycles. The van der Waals surface area contributed by atoms with E-state index < -0.39 is 28.8 Å². The fourth-order valence-electron chi connectivity index (χ4n) is 1.51. The van der Waals surface area contributed by atoms with Crippen molar-refractivity contribution >= 4 is 17.1 Å². The van der Waals surface area contributed by atoms with Gasteiger partial charge in [-0.2, -0.15) is 0 Å².